The molecule has 0 aliphatic carbocycles. The van der Waals surface area contributed by atoms with E-state index in [1.165, 1.54) is 0 Å². The minimum atomic E-state index is 0.341. The lowest BCUT2D eigenvalue weighted by Gasteiger charge is -1.96. The highest BCUT2D eigenvalue weighted by molar-refractivity contribution is 7.79. The Bertz CT molecular complexity index is 241. The molecule has 0 saturated carbocycles. The molecule has 1 heterocycles. The normalized spacial score (nSPS) is 9.90. The lowest BCUT2D eigenvalue weighted by Crippen LogP contribution is -1.88. The van der Waals surface area contributed by atoms with E-state index in [0.29, 0.717) is 16.1 Å². The van der Waals surface area contributed by atoms with Crippen molar-refractivity contribution in [3.05, 3.63) is 21.9 Å². The Morgan fingerprint density at radius 1 is 1.40 bits per heavy atom. The van der Waals surface area contributed by atoms with Gasteiger partial charge in [-0.15, -0.1) is 10.2 Å². The Hall–Kier alpha value is 0.01000. The minimum absolute atomic E-state index is 0.341. The molecule has 54 valence electrons. The van der Waals surface area contributed by atoms with E-state index in [2.05, 4.69) is 22.8 Å². The van der Waals surface area contributed by atoms with Gasteiger partial charge in [-0.25, -0.2) is 0 Å². The van der Waals surface area contributed by atoms with Crippen LogP contribution in [0.3, 0.4) is 0 Å². The lowest BCUT2D eigenvalue weighted by atomic mass is 10.3. The van der Waals surface area contributed by atoms with Gasteiger partial charge in [0.15, 0.2) is 10.3 Å². The zero-order valence-electron chi connectivity index (χ0n) is 4.88. The van der Waals surface area contributed by atoms with E-state index in [0.717, 1.165) is 5.56 Å². The zero-order valence-corrected chi connectivity index (χ0v) is 7.29. The van der Waals surface area contributed by atoms with Crippen molar-refractivity contribution in [2.45, 2.75) is 5.75 Å². The third-order valence-corrected chi connectivity index (χ3v) is 1.81. The van der Waals surface area contributed by atoms with E-state index in [1.54, 1.807) is 6.07 Å². The summed E-state index contributed by atoms with van der Waals surface area (Å²) < 4.78 is 0. The van der Waals surface area contributed by atoms with Crippen LogP contribution in [0.1, 0.15) is 5.56 Å². The molecule has 1 aromatic rings. The molecule has 0 N–H and O–H groups in total. The molecule has 0 atom stereocenters. The van der Waals surface area contributed by atoms with Crippen LogP contribution in [0, 0.1) is 0 Å². The predicted molar refractivity (Wildman–Crippen MR) is 44.7 cm³/mol. The Morgan fingerprint density at radius 2 is 2.10 bits per heavy atom. The molecule has 0 unspecified atom stereocenters. The fourth-order valence-electron chi connectivity index (χ4n) is 0.499. The molecule has 1 aromatic heterocycles. The lowest BCUT2D eigenvalue weighted by molar-refractivity contribution is 1.01. The summed E-state index contributed by atoms with van der Waals surface area (Å²) in [5.41, 5.74) is 0.796. The van der Waals surface area contributed by atoms with Crippen molar-refractivity contribution in [3.63, 3.8) is 0 Å². The fourth-order valence-corrected chi connectivity index (χ4v) is 1.16. The summed E-state index contributed by atoms with van der Waals surface area (Å²) in [6.45, 7) is 0. The van der Waals surface area contributed by atoms with E-state index in [1.807, 2.05) is 0 Å². The largest absolute Gasteiger partial charge is 0.174 e. The maximum Gasteiger partial charge on any atom is 0.155 e. The number of thiol groups is 1. The average molecular weight is 195 g/mol. The maximum absolute atomic E-state index is 5.62. The second kappa shape index (κ2) is 3.42. The van der Waals surface area contributed by atoms with E-state index in [9.17, 15) is 0 Å². The van der Waals surface area contributed by atoms with Crippen molar-refractivity contribution in [2.24, 2.45) is 0 Å². The van der Waals surface area contributed by atoms with Gasteiger partial charge >= 0.3 is 0 Å². The number of hydrogen-bond acceptors (Lipinski definition) is 3. The van der Waals surface area contributed by atoms with Crippen LogP contribution in [0.4, 0.5) is 0 Å². The molecule has 0 radical (unpaired) electrons. The number of aromatic nitrogens is 2. The highest BCUT2D eigenvalue weighted by atomic mass is 35.5. The van der Waals surface area contributed by atoms with Crippen LogP contribution >= 0.6 is 35.8 Å². The summed E-state index contributed by atoms with van der Waals surface area (Å²) in [6.07, 6.45) is 0. The highest BCUT2D eigenvalue weighted by Crippen LogP contribution is 2.16. The molecule has 0 fully saturated rings. The van der Waals surface area contributed by atoms with Gasteiger partial charge in [0.05, 0.1) is 0 Å². The van der Waals surface area contributed by atoms with Crippen LogP contribution in [-0.2, 0) is 5.75 Å². The number of rotatable bonds is 1. The van der Waals surface area contributed by atoms with Crippen molar-refractivity contribution in [1.82, 2.24) is 10.2 Å². The molecule has 5 heteroatoms. The Kier molecular flexibility index (Phi) is 2.77. The summed E-state index contributed by atoms with van der Waals surface area (Å²) in [5, 5.41) is 7.82. The first-order valence-corrected chi connectivity index (χ1v) is 3.91. The van der Waals surface area contributed by atoms with Gasteiger partial charge in [0, 0.05) is 11.3 Å². The monoisotopic (exact) mass is 194 g/mol. The smallest absolute Gasteiger partial charge is 0.155 e. The SMILES string of the molecule is SCc1cc(Cl)nnc1Cl. The van der Waals surface area contributed by atoms with Crippen LogP contribution in [0.25, 0.3) is 0 Å². The third kappa shape index (κ3) is 1.75. The summed E-state index contributed by atoms with van der Waals surface area (Å²) >= 11 is 15.2. The first-order chi connectivity index (χ1) is 4.74. The van der Waals surface area contributed by atoms with Gasteiger partial charge in [-0.05, 0) is 6.07 Å². The third-order valence-electron chi connectivity index (χ3n) is 0.962. The van der Waals surface area contributed by atoms with Crippen LogP contribution in [0.15, 0.2) is 6.07 Å². The van der Waals surface area contributed by atoms with Gasteiger partial charge in [-0.3, -0.25) is 0 Å². The van der Waals surface area contributed by atoms with Crippen LogP contribution in [0.5, 0.6) is 0 Å². The second-order valence-corrected chi connectivity index (χ2v) is 2.70. The molecule has 0 amide bonds. The maximum atomic E-state index is 5.62. The zero-order chi connectivity index (χ0) is 7.56. The quantitative estimate of drug-likeness (QED) is 0.695. The molecular weight excluding hydrogens is 191 g/mol. The van der Waals surface area contributed by atoms with Crippen LogP contribution in [-0.4, -0.2) is 10.2 Å². The van der Waals surface area contributed by atoms with Crippen LogP contribution in [0.2, 0.25) is 10.3 Å². The van der Waals surface area contributed by atoms with Gasteiger partial charge in [-0.1, -0.05) is 23.2 Å². The number of halogens is 2. The molecule has 0 saturated heterocycles. The summed E-state index contributed by atoms with van der Waals surface area (Å²) in [5.74, 6) is 0.522. The number of hydrogen-bond donors (Lipinski definition) is 1. The van der Waals surface area contributed by atoms with E-state index in [-0.39, 0.29) is 0 Å². The Morgan fingerprint density at radius 3 is 2.60 bits per heavy atom. The Labute approximate surface area is 74.0 Å². The average Bonchev–Trinajstić information content (AvgIpc) is 1.94. The molecule has 0 aromatic carbocycles. The summed E-state index contributed by atoms with van der Waals surface area (Å²) in [4.78, 5) is 0. The first-order valence-electron chi connectivity index (χ1n) is 2.52. The van der Waals surface area contributed by atoms with E-state index in [4.69, 9.17) is 23.2 Å². The molecule has 0 aliphatic heterocycles. The summed E-state index contributed by atoms with van der Waals surface area (Å²) in [7, 11) is 0. The van der Waals surface area contributed by atoms with Crippen molar-refractivity contribution >= 4 is 35.8 Å². The van der Waals surface area contributed by atoms with Gasteiger partial charge < -0.3 is 0 Å². The molecule has 1 rings (SSSR count). The standard InChI is InChI=1S/C5H4Cl2N2S/c6-4-1-3(2-10)5(7)9-8-4/h1,10H,2H2. The van der Waals surface area contributed by atoms with Crippen LogP contribution < -0.4 is 0 Å². The molecule has 2 nitrogen and oxygen atoms in total. The van der Waals surface area contributed by atoms with Crippen molar-refractivity contribution in [2.75, 3.05) is 0 Å². The summed E-state index contributed by atoms with van der Waals surface area (Å²) in [6, 6.07) is 1.64. The number of nitrogens with zero attached hydrogens (tertiary/aromatic N) is 2. The fraction of sp³-hybridized carbons (Fsp3) is 0.200. The van der Waals surface area contributed by atoms with E-state index < -0.39 is 0 Å². The molecule has 0 bridgehead atoms. The molecule has 10 heavy (non-hydrogen) atoms. The minimum Gasteiger partial charge on any atom is -0.174 e. The van der Waals surface area contributed by atoms with Gasteiger partial charge in [0.2, 0.25) is 0 Å². The first kappa shape index (κ1) is 8.11. The second-order valence-electron chi connectivity index (χ2n) is 1.64. The topological polar surface area (TPSA) is 25.8 Å². The van der Waals surface area contributed by atoms with Gasteiger partial charge in [-0.2, -0.15) is 12.6 Å². The molecule has 0 aliphatic rings. The van der Waals surface area contributed by atoms with Crippen molar-refractivity contribution < 1.29 is 0 Å². The predicted octanol–water partition coefficient (Wildman–Crippen LogP) is 2.21. The van der Waals surface area contributed by atoms with Gasteiger partial charge in [0.1, 0.15) is 0 Å². The van der Waals surface area contributed by atoms with Crippen molar-refractivity contribution in [1.29, 1.82) is 0 Å². The Balaban J connectivity index is 3.09. The van der Waals surface area contributed by atoms with Crippen molar-refractivity contribution in [3.8, 4) is 0 Å². The van der Waals surface area contributed by atoms with E-state index >= 15 is 0 Å². The van der Waals surface area contributed by atoms with Gasteiger partial charge in [0.25, 0.3) is 0 Å². The molecular formula is C5H4Cl2N2S. The highest BCUT2D eigenvalue weighted by Gasteiger charge is 2.00. The molecule has 0 spiro atoms.